The number of rotatable bonds is 10. The topological polar surface area (TPSA) is 300 Å². The third kappa shape index (κ3) is 16.3. The maximum Gasteiger partial charge on any atom is 0.245 e. The van der Waals surface area contributed by atoms with Gasteiger partial charge in [0.25, 0.3) is 0 Å². The van der Waals surface area contributed by atoms with Crippen LogP contribution in [0.1, 0.15) is 65.2 Å². The van der Waals surface area contributed by atoms with Crippen molar-refractivity contribution in [3.63, 3.8) is 0 Å². The highest BCUT2D eigenvalue weighted by atomic mass is 16.5. The van der Waals surface area contributed by atoms with Crippen molar-refractivity contribution < 1.29 is 33.5 Å². The first kappa shape index (κ1) is 40.0. The molecular formula is C28H53N11O7. The average molecular weight is 656 g/mol. The van der Waals surface area contributed by atoms with Crippen LogP contribution >= 0.6 is 0 Å². The highest BCUT2D eigenvalue weighted by Gasteiger charge is 2.31. The molecule has 0 aromatic rings. The number of hydrogen-bond acceptors (Lipinski definition) is 10. The first-order valence-corrected chi connectivity index (χ1v) is 15.7. The first-order chi connectivity index (χ1) is 21.9. The Morgan fingerprint density at radius 1 is 0.783 bits per heavy atom. The normalized spacial score (nSPS) is 23.7. The number of aliphatic imine (C=N–C) groups is 1. The predicted octanol–water partition coefficient (Wildman–Crippen LogP) is -3.89. The average Bonchev–Trinajstić information content (AvgIpc) is 2.99. The summed E-state index contributed by atoms with van der Waals surface area (Å²) in [6.07, 6.45) is 2.73. The van der Waals surface area contributed by atoms with Gasteiger partial charge >= 0.3 is 0 Å². The minimum Gasteiger partial charge on any atom is -0.370 e. The van der Waals surface area contributed by atoms with Gasteiger partial charge in [-0.1, -0.05) is 13.8 Å². The monoisotopic (exact) mass is 655 g/mol. The van der Waals surface area contributed by atoms with Crippen LogP contribution in [-0.2, 0) is 33.5 Å². The van der Waals surface area contributed by atoms with Crippen LogP contribution in [0.25, 0.3) is 0 Å². The van der Waals surface area contributed by atoms with Gasteiger partial charge in [0.05, 0.1) is 13.2 Å². The lowest BCUT2D eigenvalue weighted by Crippen LogP contribution is -2.57. The van der Waals surface area contributed by atoms with Crippen molar-refractivity contribution >= 4 is 41.4 Å². The number of nitrogens with one attached hydrogen (secondary N) is 6. The van der Waals surface area contributed by atoms with Crippen molar-refractivity contribution in [3.8, 4) is 0 Å². The van der Waals surface area contributed by atoms with E-state index in [1.165, 1.54) is 0 Å². The molecule has 1 rings (SSSR count). The summed E-state index contributed by atoms with van der Waals surface area (Å²) < 4.78 is 5.47. The van der Waals surface area contributed by atoms with E-state index in [1.54, 1.807) is 13.8 Å². The van der Waals surface area contributed by atoms with Crippen molar-refractivity contribution in [2.45, 2.75) is 89.4 Å². The fraction of sp³-hybridized carbons (Fsp3) is 0.750. The minimum absolute atomic E-state index is 0.0270. The Morgan fingerprint density at radius 2 is 1.39 bits per heavy atom. The summed E-state index contributed by atoms with van der Waals surface area (Å²) in [5.74, 6) is -4.06. The summed E-state index contributed by atoms with van der Waals surface area (Å²) in [5.41, 5.74) is 22.2. The van der Waals surface area contributed by atoms with Crippen LogP contribution in [0.5, 0.6) is 0 Å². The first-order valence-electron chi connectivity index (χ1n) is 15.7. The van der Waals surface area contributed by atoms with E-state index >= 15 is 0 Å². The standard InChI is InChI=1S/C28H53N11O7/c1-17(2)23-27(45)37-19(8-4-6-12-30)26(44)36-18(7-3-5-11-29)25(43)35-16-46-14-10-20(38-28(31)32)24(42)34-15-22(41)33-13-9-21(40)39-23/h17-20,23H,3-16,29-30H2,1-2H3,(H,33,41)(H,34,42)(H,35,43)(H,36,44)(H,37,45)(H,39,40)(H4,31,32,38)/t18-,19-,20+,23+/m0/s1. The van der Waals surface area contributed by atoms with E-state index in [1.807, 2.05) is 0 Å². The number of unbranched alkanes of at least 4 members (excludes halogenated alkanes) is 2. The molecule has 0 aromatic carbocycles. The summed E-state index contributed by atoms with van der Waals surface area (Å²) in [6, 6.07) is -4.01. The summed E-state index contributed by atoms with van der Waals surface area (Å²) in [7, 11) is 0. The summed E-state index contributed by atoms with van der Waals surface area (Å²) >= 11 is 0. The molecule has 14 N–H and O–H groups in total. The van der Waals surface area contributed by atoms with Gasteiger partial charge in [-0.25, -0.2) is 4.99 Å². The zero-order valence-corrected chi connectivity index (χ0v) is 26.9. The number of carbonyl (C=O) groups excluding carboxylic acids is 6. The molecule has 4 atom stereocenters. The van der Waals surface area contributed by atoms with Crippen LogP contribution < -0.4 is 54.8 Å². The fourth-order valence-electron chi connectivity index (χ4n) is 4.45. The molecule has 1 saturated heterocycles. The molecule has 0 saturated carbocycles. The molecule has 0 aliphatic carbocycles. The van der Waals surface area contributed by atoms with Gasteiger partial charge in [0.15, 0.2) is 5.96 Å². The summed E-state index contributed by atoms with van der Waals surface area (Å²) in [5, 5.41) is 15.7. The van der Waals surface area contributed by atoms with E-state index in [2.05, 4.69) is 36.9 Å². The van der Waals surface area contributed by atoms with E-state index in [0.29, 0.717) is 38.8 Å². The van der Waals surface area contributed by atoms with Crippen LogP contribution in [0.3, 0.4) is 0 Å². The van der Waals surface area contributed by atoms with Crippen molar-refractivity contribution in [2.24, 2.45) is 33.8 Å². The number of guanidine groups is 1. The second-order valence-corrected chi connectivity index (χ2v) is 11.3. The van der Waals surface area contributed by atoms with Crippen molar-refractivity contribution in [3.05, 3.63) is 0 Å². The maximum atomic E-state index is 13.5. The summed E-state index contributed by atoms with van der Waals surface area (Å²) in [4.78, 5) is 81.3. The lowest BCUT2D eigenvalue weighted by molar-refractivity contribution is -0.134. The third-order valence-corrected chi connectivity index (χ3v) is 7.01. The van der Waals surface area contributed by atoms with Gasteiger partial charge in [-0.2, -0.15) is 0 Å². The molecule has 0 radical (unpaired) electrons. The summed E-state index contributed by atoms with van der Waals surface area (Å²) in [6.45, 7) is 3.53. The third-order valence-electron chi connectivity index (χ3n) is 7.01. The molecule has 0 spiro atoms. The van der Waals surface area contributed by atoms with Gasteiger partial charge in [-0.3, -0.25) is 28.8 Å². The minimum atomic E-state index is -1.07. The lowest BCUT2D eigenvalue weighted by Gasteiger charge is -2.27. The van der Waals surface area contributed by atoms with Crippen LogP contribution in [-0.4, -0.2) is 105 Å². The van der Waals surface area contributed by atoms with E-state index < -0.39 is 66.2 Å². The Labute approximate surface area is 269 Å². The van der Waals surface area contributed by atoms with Crippen LogP contribution in [0.4, 0.5) is 0 Å². The van der Waals surface area contributed by atoms with E-state index in [4.69, 9.17) is 27.7 Å². The van der Waals surface area contributed by atoms with Crippen LogP contribution in [0, 0.1) is 5.92 Å². The van der Waals surface area contributed by atoms with E-state index in [0.717, 1.165) is 0 Å². The van der Waals surface area contributed by atoms with Gasteiger partial charge in [-0.15, -0.1) is 0 Å². The Bertz CT molecular complexity index is 1040. The molecule has 1 aliphatic heterocycles. The van der Waals surface area contributed by atoms with Crippen molar-refractivity contribution in [1.29, 1.82) is 0 Å². The molecule has 262 valence electrons. The second-order valence-electron chi connectivity index (χ2n) is 11.3. The fourth-order valence-corrected chi connectivity index (χ4v) is 4.45. The second kappa shape index (κ2) is 22.5. The predicted molar refractivity (Wildman–Crippen MR) is 170 cm³/mol. The lowest BCUT2D eigenvalue weighted by atomic mass is 10.0. The molecule has 1 fully saturated rings. The molecule has 18 heteroatoms. The van der Waals surface area contributed by atoms with Crippen LogP contribution in [0.15, 0.2) is 4.99 Å². The number of hydrogen-bond donors (Lipinski definition) is 10. The van der Waals surface area contributed by atoms with E-state index in [-0.39, 0.29) is 57.4 Å². The molecule has 0 bridgehead atoms. The van der Waals surface area contributed by atoms with Gasteiger partial charge in [-0.05, 0) is 57.5 Å². The Kier molecular flexibility index (Phi) is 19.5. The SMILES string of the molecule is CC(C)[C@H]1NC(=O)CCNC(=O)CNC(=O)[C@H](N=C(N)N)CCOCNC(=O)[C@H](CCCCN)NC(=O)[C@H](CCCCN)NC1=O. The van der Waals surface area contributed by atoms with Crippen molar-refractivity contribution in [1.82, 2.24) is 31.9 Å². The number of nitrogens with zero attached hydrogens (tertiary/aromatic N) is 1. The van der Waals surface area contributed by atoms with Gasteiger partial charge in [0.2, 0.25) is 35.4 Å². The number of ether oxygens (including phenoxy) is 1. The van der Waals surface area contributed by atoms with E-state index in [9.17, 15) is 28.8 Å². The molecule has 46 heavy (non-hydrogen) atoms. The number of amides is 6. The largest absolute Gasteiger partial charge is 0.370 e. The molecule has 0 aromatic heterocycles. The molecule has 6 amide bonds. The van der Waals surface area contributed by atoms with Gasteiger partial charge < -0.3 is 59.6 Å². The Balaban J connectivity index is 3.24. The van der Waals surface area contributed by atoms with Gasteiger partial charge in [0, 0.05) is 19.4 Å². The molecular weight excluding hydrogens is 602 g/mol. The number of carbonyl (C=O) groups is 6. The zero-order valence-electron chi connectivity index (χ0n) is 26.9. The maximum absolute atomic E-state index is 13.5. The van der Waals surface area contributed by atoms with Crippen LogP contribution in [0.2, 0.25) is 0 Å². The highest BCUT2D eigenvalue weighted by Crippen LogP contribution is 2.08. The smallest absolute Gasteiger partial charge is 0.245 e. The molecule has 1 heterocycles. The number of nitrogens with two attached hydrogens (primary N) is 4. The Hall–Kier alpha value is -4.03. The highest BCUT2D eigenvalue weighted by molar-refractivity contribution is 5.94. The molecule has 0 unspecified atom stereocenters. The molecule has 18 nitrogen and oxygen atoms in total. The Morgan fingerprint density at radius 3 is 1.98 bits per heavy atom. The zero-order chi connectivity index (χ0) is 34.5. The molecule has 1 aliphatic rings. The van der Waals surface area contributed by atoms with Crippen molar-refractivity contribution in [2.75, 3.05) is 39.5 Å². The quantitative estimate of drug-likeness (QED) is 0.0616. The van der Waals surface area contributed by atoms with Gasteiger partial charge in [0.1, 0.15) is 30.9 Å².